The summed E-state index contributed by atoms with van der Waals surface area (Å²) in [5.41, 5.74) is 2.34. The molecule has 5 nitrogen and oxygen atoms in total. The molecule has 0 aliphatic heterocycles. The maximum atomic E-state index is 5.84. The third-order valence-electron chi connectivity index (χ3n) is 3.63. The van der Waals surface area contributed by atoms with E-state index in [0.29, 0.717) is 0 Å². The van der Waals surface area contributed by atoms with Crippen LogP contribution in [0.3, 0.4) is 0 Å². The third kappa shape index (κ3) is 5.94. The van der Waals surface area contributed by atoms with Gasteiger partial charge in [0.25, 0.3) is 0 Å². The highest BCUT2D eigenvalue weighted by Crippen LogP contribution is 2.27. The fourth-order valence-corrected chi connectivity index (χ4v) is 3.25. The first kappa shape index (κ1) is 20.1. The molecule has 0 aliphatic rings. The number of aromatic nitrogens is 4. The van der Waals surface area contributed by atoms with Gasteiger partial charge in [0.2, 0.25) is 0 Å². The quantitative estimate of drug-likeness (QED) is 0.383. The van der Waals surface area contributed by atoms with Crippen molar-refractivity contribution in [1.82, 2.24) is 19.5 Å². The minimum Gasteiger partial charge on any atom is -0.456 e. The monoisotopic (exact) mass is 454 g/mol. The predicted molar refractivity (Wildman–Crippen MR) is 117 cm³/mol. The van der Waals surface area contributed by atoms with Crippen LogP contribution in [-0.2, 0) is 5.75 Å². The van der Waals surface area contributed by atoms with Crippen LogP contribution in [0.4, 0.5) is 0 Å². The average Bonchev–Trinajstić information content (AvgIpc) is 3.25. The van der Waals surface area contributed by atoms with Crippen molar-refractivity contribution in [2.75, 3.05) is 6.26 Å². The van der Waals surface area contributed by atoms with Crippen LogP contribution in [0.2, 0.25) is 0 Å². The molecule has 0 fully saturated rings. The highest BCUT2D eigenvalue weighted by molar-refractivity contribution is 9.10. The van der Waals surface area contributed by atoms with Gasteiger partial charge in [0.05, 0.1) is 18.2 Å². The summed E-state index contributed by atoms with van der Waals surface area (Å²) in [6, 6.07) is 13.7. The minimum absolute atomic E-state index is 0.739. The lowest BCUT2D eigenvalue weighted by Crippen LogP contribution is -1.97. The smallest absolute Gasteiger partial charge is 0.145 e. The van der Waals surface area contributed by atoms with Crippen molar-refractivity contribution in [1.29, 1.82) is 0 Å². The van der Waals surface area contributed by atoms with E-state index in [1.165, 1.54) is 5.56 Å². The van der Waals surface area contributed by atoms with Crippen molar-refractivity contribution < 1.29 is 4.74 Å². The van der Waals surface area contributed by atoms with Crippen molar-refractivity contribution in [3.63, 3.8) is 0 Å². The van der Waals surface area contributed by atoms with Crippen molar-refractivity contribution in [3.05, 3.63) is 96.0 Å². The van der Waals surface area contributed by atoms with Crippen LogP contribution in [0.1, 0.15) is 5.56 Å². The minimum atomic E-state index is 0.739. The van der Waals surface area contributed by atoms with Gasteiger partial charge in [-0.15, -0.1) is 0 Å². The predicted octanol–water partition coefficient (Wildman–Crippen LogP) is 5.77. The molecular formula is C21H19BrN4OS. The third-order valence-corrected chi connectivity index (χ3v) is 4.70. The summed E-state index contributed by atoms with van der Waals surface area (Å²) in [5.74, 6) is 2.47. The topological polar surface area (TPSA) is 52.8 Å². The number of benzene rings is 1. The molecule has 142 valence electrons. The Balaban J connectivity index is 0.000000271. The number of pyridine rings is 2. The normalized spacial score (nSPS) is 10.1. The Bertz CT molecular complexity index is 966. The first-order chi connectivity index (χ1) is 13.8. The van der Waals surface area contributed by atoms with E-state index in [1.807, 2.05) is 41.1 Å². The summed E-state index contributed by atoms with van der Waals surface area (Å²) >= 11 is 5.03. The van der Waals surface area contributed by atoms with Crippen LogP contribution in [0.15, 0.2) is 90.4 Å². The zero-order chi connectivity index (χ0) is 19.6. The number of halogens is 1. The second-order valence-corrected chi connectivity index (χ2v) is 7.44. The molecule has 0 N–H and O–H groups in total. The Morgan fingerprint density at radius 3 is 2.36 bits per heavy atom. The molecule has 4 rings (SSSR count). The van der Waals surface area contributed by atoms with Crippen LogP contribution in [0, 0.1) is 0 Å². The van der Waals surface area contributed by atoms with Crippen LogP contribution in [0.25, 0.3) is 5.69 Å². The van der Waals surface area contributed by atoms with E-state index in [0.717, 1.165) is 27.4 Å². The Labute approximate surface area is 177 Å². The van der Waals surface area contributed by atoms with Gasteiger partial charge in [-0.2, -0.15) is 11.8 Å². The van der Waals surface area contributed by atoms with Gasteiger partial charge in [-0.25, -0.2) is 4.98 Å². The largest absolute Gasteiger partial charge is 0.456 e. The molecule has 0 saturated heterocycles. The highest BCUT2D eigenvalue weighted by atomic mass is 79.9. The first-order valence-corrected chi connectivity index (χ1v) is 10.7. The summed E-state index contributed by atoms with van der Waals surface area (Å²) in [4.78, 5) is 12.0. The summed E-state index contributed by atoms with van der Waals surface area (Å²) in [7, 11) is 0. The summed E-state index contributed by atoms with van der Waals surface area (Å²) in [5, 5.41) is 0. The Morgan fingerprint density at radius 1 is 0.964 bits per heavy atom. The van der Waals surface area contributed by atoms with Gasteiger partial charge in [-0.05, 0) is 70.2 Å². The maximum absolute atomic E-state index is 5.84. The van der Waals surface area contributed by atoms with E-state index in [2.05, 4.69) is 49.3 Å². The molecule has 0 saturated carbocycles. The van der Waals surface area contributed by atoms with E-state index in [1.54, 1.807) is 49.1 Å². The van der Waals surface area contributed by atoms with E-state index in [4.69, 9.17) is 4.74 Å². The average molecular weight is 455 g/mol. The molecule has 0 unspecified atom stereocenters. The number of ether oxygens (including phenoxy) is 1. The summed E-state index contributed by atoms with van der Waals surface area (Å²) < 4.78 is 8.88. The second-order valence-electron chi connectivity index (χ2n) is 5.66. The molecule has 0 aliphatic carbocycles. The molecule has 7 heteroatoms. The zero-order valence-electron chi connectivity index (χ0n) is 15.3. The molecule has 0 amide bonds. The van der Waals surface area contributed by atoms with Crippen LogP contribution in [-0.4, -0.2) is 25.8 Å². The van der Waals surface area contributed by atoms with Crippen molar-refractivity contribution >= 4 is 27.7 Å². The fourth-order valence-electron chi connectivity index (χ4n) is 2.44. The summed E-state index contributed by atoms with van der Waals surface area (Å²) in [6.07, 6.45) is 14.5. The lowest BCUT2D eigenvalue weighted by molar-refractivity contribution is 0.479. The fraction of sp³-hybridized carbons (Fsp3) is 0.0952. The molecule has 28 heavy (non-hydrogen) atoms. The van der Waals surface area contributed by atoms with Crippen molar-refractivity contribution in [3.8, 4) is 17.2 Å². The molecule has 1 aromatic carbocycles. The SMILES string of the molecule is Brc1cccnc1.CSCc1cc(Oc2cccnc2)ccc1-n1ccnc1. The van der Waals surface area contributed by atoms with Gasteiger partial charge in [0.1, 0.15) is 11.5 Å². The van der Waals surface area contributed by atoms with E-state index >= 15 is 0 Å². The number of hydrogen-bond donors (Lipinski definition) is 0. The van der Waals surface area contributed by atoms with Gasteiger partial charge < -0.3 is 9.30 Å². The number of hydrogen-bond acceptors (Lipinski definition) is 5. The second kappa shape index (κ2) is 10.6. The van der Waals surface area contributed by atoms with Gasteiger partial charge >= 0.3 is 0 Å². The van der Waals surface area contributed by atoms with Crippen molar-refractivity contribution in [2.45, 2.75) is 5.75 Å². The molecule has 4 aromatic rings. The Hall–Kier alpha value is -2.64. The van der Waals surface area contributed by atoms with Gasteiger partial charge in [-0.3, -0.25) is 9.97 Å². The first-order valence-electron chi connectivity index (χ1n) is 8.50. The highest BCUT2D eigenvalue weighted by Gasteiger charge is 2.07. The molecule has 3 aromatic heterocycles. The van der Waals surface area contributed by atoms with Crippen LogP contribution in [0.5, 0.6) is 11.5 Å². The number of nitrogens with zero attached hydrogens (tertiary/aromatic N) is 4. The van der Waals surface area contributed by atoms with Crippen LogP contribution >= 0.6 is 27.7 Å². The zero-order valence-corrected chi connectivity index (χ0v) is 17.7. The van der Waals surface area contributed by atoms with E-state index < -0.39 is 0 Å². The molecular weight excluding hydrogens is 436 g/mol. The molecule has 0 atom stereocenters. The number of imidazole rings is 1. The van der Waals surface area contributed by atoms with Gasteiger partial charge in [0, 0.05) is 41.2 Å². The number of thioether (sulfide) groups is 1. The van der Waals surface area contributed by atoms with Gasteiger partial charge in [-0.1, -0.05) is 0 Å². The summed E-state index contributed by atoms with van der Waals surface area (Å²) in [6.45, 7) is 0. The Morgan fingerprint density at radius 2 is 1.79 bits per heavy atom. The van der Waals surface area contributed by atoms with E-state index in [9.17, 15) is 0 Å². The Kier molecular flexibility index (Phi) is 7.63. The van der Waals surface area contributed by atoms with Crippen molar-refractivity contribution in [2.24, 2.45) is 0 Å². The molecule has 3 heterocycles. The number of rotatable bonds is 5. The van der Waals surface area contributed by atoms with E-state index in [-0.39, 0.29) is 0 Å². The standard InChI is InChI=1S/C16H15N3OS.C5H4BrN/c1-21-11-13-9-14(20-15-3-2-6-17-10-15)4-5-16(13)19-8-7-18-12-19;6-5-2-1-3-7-4-5/h2-10,12H,11H2,1H3;1-4H. The molecule has 0 radical (unpaired) electrons. The van der Waals surface area contributed by atoms with Crippen LogP contribution < -0.4 is 4.74 Å². The molecule has 0 bridgehead atoms. The van der Waals surface area contributed by atoms with Gasteiger partial charge in [0.15, 0.2) is 0 Å². The lowest BCUT2D eigenvalue weighted by atomic mass is 10.2. The molecule has 0 spiro atoms. The lowest BCUT2D eigenvalue weighted by Gasteiger charge is -2.12. The maximum Gasteiger partial charge on any atom is 0.145 e.